The standard InChI is InChI=1S/C19H20Cl2N2O2/c1-14(25-18-8-3-2-7-17(18)21)19(24)23-11-9-22(10-12-23)16-6-4-5-15(20)13-16/h2-8,13-14H,9-12H2,1H3/t14-/m0/s1. The Morgan fingerprint density at radius 3 is 2.44 bits per heavy atom. The number of anilines is 1. The number of nitrogens with zero attached hydrogens (tertiary/aromatic N) is 2. The summed E-state index contributed by atoms with van der Waals surface area (Å²) in [6.07, 6.45) is -0.572. The number of carbonyl (C=O) groups excluding carboxylic acids is 1. The third-order valence-electron chi connectivity index (χ3n) is 4.25. The number of halogens is 2. The molecular weight excluding hydrogens is 359 g/mol. The molecule has 1 atom stereocenters. The van der Waals surface area contributed by atoms with Gasteiger partial charge in [0.05, 0.1) is 5.02 Å². The predicted octanol–water partition coefficient (Wildman–Crippen LogP) is 4.11. The number of rotatable bonds is 4. The molecule has 0 aliphatic carbocycles. The lowest BCUT2D eigenvalue weighted by atomic mass is 10.2. The lowest BCUT2D eigenvalue weighted by Crippen LogP contribution is -2.52. The van der Waals surface area contributed by atoms with Gasteiger partial charge in [0.1, 0.15) is 5.75 Å². The molecule has 1 aliphatic rings. The van der Waals surface area contributed by atoms with E-state index in [1.807, 2.05) is 41.3 Å². The highest BCUT2D eigenvalue weighted by atomic mass is 35.5. The van der Waals surface area contributed by atoms with Crippen LogP contribution in [-0.4, -0.2) is 43.1 Å². The van der Waals surface area contributed by atoms with Crippen molar-refractivity contribution in [1.82, 2.24) is 4.90 Å². The normalized spacial score (nSPS) is 15.8. The molecule has 1 fully saturated rings. The fourth-order valence-corrected chi connectivity index (χ4v) is 3.26. The fraction of sp³-hybridized carbons (Fsp3) is 0.316. The van der Waals surface area contributed by atoms with Gasteiger partial charge in [-0.15, -0.1) is 0 Å². The molecule has 4 nitrogen and oxygen atoms in total. The summed E-state index contributed by atoms with van der Waals surface area (Å²) in [6, 6.07) is 15.0. The Bertz CT molecular complexity index is 746. The van der Waals surface area contributed by atoms with E-state index < -0.39 is 6.10 Å². The van der Waals surface area contributed by atoms with Crippen LogP contribution in [0.25, 0.3) is 0 Å². The predicted molar refractivity (Wildman–Crippen MR) is 102 cm³/mol. The van der Waals surface area contributed by atoms with Gasteiger partial charge in [0.15, 0.2) is 6.10 Å². The van der Waals surface area contributed by atoms with E-state index >= 15 is 0 Å². The molecule has 1 amide bonds. The van der Waals surface area contributed by atoms with Gasteiger partial charge in [0.2, 0.25) is 0 Å². The van der Waals surface area contributed by atoms with Gasteiger partial charge in [0.25, 0.3) is 5.91 Å². The zero-order valence-corrected chi connectivity index (χ0v) is 15.5. The Morgan fingerprint density at radius 2 is 1.76 bits per heavy atom. The Hall–Kier alpha value is -1.91. The van der Waals surface area contributed by atoms with Crippen molar-refractivity contribution in [3.8, 4) is 5.75 Å². The van der Waals surface area contributed by atoms with Crippen LogP contribution in [0, 0.1) is 0 Å². The second kappa shape index (κ2) is 7.98. The molecular formula is C19H20Cl2N2O2. The van der Waals surface area contributed by atoms with Gasteiger partial charge in [0, 0.05) is 36.9 Å². The van der Waals surface area contributed by atoms with Gasteiger partial charge in [-0.2, -0.15) is 0 Å². The number of hydrogen-bond donors (Lipinski definition) is 0. The van der Waals surface area contributed by atoms with Crippen LogP contribution in [0.15, 0.2) is 48.5 Å². The van der Waals surface area contributed by atoms with Gasteiger partial charge < -0.3 is 14.5 Å². The van der Waals surface area contributed by atoms with E-state index in [1.165, 1.54) is 0 Å². The van der Waals surface area contributed by atoms with Gasteiger partial charge in [-0.25, -0.2) is 0 Å². The number of carbonyl (C=O) groups is 1. The van der Waals surface area contributed by atoms with Crippen molar-refractivity contribution in [2.45, 2.75) is 13.0 Å². The molecule has 25 heavy (non-hydrogen) atoms. The Morgan fingerprint density at radius 1 is 1.04 bits per heavy atom. The highest BCUT2D eigenvalue weighted by Crippen LogP contribution is 2.25. The number of hydrogen-bond acceptors (Lipinski definition) is 3. The van der Waals surface area contributed by atoms with Crippen LogP contribution in [0.3, 0.4) is 0 Å². The first-order valence-corrected chi connectivity index (χ1v) is 9.00. The first kappa shape index (κ1) is 17.9. The first-order chi connectivity index (χ1) is 12.0. The molecule has 0 saturated carbocycles. The van der Waals surface area contributed by atoms with Gasteiger partial charge in [-0.1, -0.05) is 41.4 Å². The molecule has 0 spiro atoms. The molecule has 0 N–H and O–H groups in total. The second-order valence-corrected chi connectivity index (χ2v) is 6.83. The maximum absolute atomic E-state index is 12.6. The van der Waals surface area contributed by atoms with Crippen molar-refractivity contribution in [2.75, 3.05) is 31.1 Å². The number of benzene rings is 2. The monoisotopic (exact) mass is 378 g/mol. The summed E-state index contributed by atoms with van der Waals surface area (Å²) in [6.45, 7) is 4.61. The second-order valence-electron chi connectivity index (χ2n) is 5.98. The number of piperazine rings is 1. The first-order valence-electron chi connectivity index (χ1n) is 8.25. The van der Waals surface area contributed by atoms with Crippen LogP contribution in [0.2, 0.25) is 10.0 Å². The van der Waals surface area contributed by atoms with E-state index in [2.05, 4.69) is 4.90 Å². The largest absolute Gasteiger partial charge is 0.479 e. The lowest BCUT2D eigenvalue weighted by Gasteiger charge is -2.37. The van der Waals surface area contributed by atoms with E-state index in [0.717, 1.165) is 23.8 Å². The molecule has 0 bridgehead atoms. The minimum absolute atomic E-state index is 0.0225. The zero-order chi connectivity index (χ0) is 17.8. The summed E-state index contributed by atoms with van der Waals surface area (Å²) in [7, 11) is 0. The van der Waals surface area contributed by atoms with Crippen LogP contribution < -0.4 is 9.64 Å². The Kier molecular flexibility index (Phi) is 5.71. The summed E-state index contributed by atoms with van der Waals surface area (Å²) in [5.41, 5.74) is 1.08. The van der Waals surface area contributed by atoms with Crippen molar-refractivity contribution in [3.63, 3.8) is 0 Å². The van der Waals surface area contributed by atoms with Crippen molar-refractivity contribution in [1.29, 1.82) is 0 Å². The molecule has 132 valence electrons. The van der Waals surface area contributed by atoms with Crippen LogP contribution >= 0.6 is 23.2 Å². The average molecular weight is 379 g/mol. The molecule has 0 radical (unpaired) electrons. The quantitative estimate of drug-likeness (QED) is 0.802. The minimum atomic E-state index is -0.572. The van der Waals surface area contributed by atoms with E-state index in [0.29, 0.717) is 23.9 Å². The summed E-state index contributed by atoms with van der Waals surface area (Å²) in [4.78, 5) is 16.7. The average Bonchev–Trinajstić information content (AvgIpc) is 2.63. The Labute approximate surface area is 157 Å². The van der Waals surface area contributed by atoms with Crippen molar-refractivity contribution in [2.24, 2.45) is 0 Å². The number of ether oxygens (including phenoxy) is 1. The molecule has 0 aromatic heterocycles. The van der Waals surface area contributed by atoms with Gasteiger partial charge in [-0.3, -0.25) is 4.79 Å². The lowest BCUT2D eigenvalue weighted by molar-refractivity contribution is -0.138. The molecule has 1 heterocycles. The summed E-state index contributed by atoms with van der Waals surface area (Å²) in [5.74, 6) is 0.508. The molecule has 0 unspecified atom stereocenters. The molecule has 2 aromatic carbocycles. The molecule has 3 rings (SSSR count). The van der Waals surface area contributed by atoms with E-state index in [-0.39, 0.29) is 5.91 Å². The fourth-order valence-electron chi connectivity index (χ4n) is 2.90. The van der Waals surface area contributed by atoms with Crippen molar-refractivity contribution >= 4 is 34.8 Å². The van der Waals surface area contributed by atoms with E-state index in [1.54, 1.807) is 19.1 Å². The summed E-state index contributed by atoms with van der Waals surface area (Å²) < 4.78 is 5.73. The van der Waals surface area contributed by atoms with Crippen LogP contribution in [0.1, 0.15) is 6.92 Å². The number of amides is 1. The highest BCUT2D eigenvalue weighted by Gasteiger charge is 2.26. The minimum Gasteiger partial charge on any atom is -0.479 e. The van der Waals surface area contributed by atoms with Crippen molar-refractivity contribution in [3.05, 3.63) is 58.6 Å². The highest BCUT2D eigenvalue weighted by molar-refractivity contribution is 6.32. The third kappa shape index (κ3) is 4.39. The zero-order valence-electron chi connectivity index (χ0n) is 14.0. The van der Waals surface area contributed by atoms with Crippen LogP contribution in [0.4, 0.5) is 5.69 Å². The summed E-state index contributed by atoms with van der Waals surface area (Å²) in [5, 5.41) is 1.23. The Balaban J connectivity index is 1.57. The molecule has 1 saturated heterocycles. The smallest absolute Gasteiger partial charge is 0.263 e. The van der Waals surface area contributed by atoms with E-state index in [9.17, 15) is 4.79 Å². The molecule has 2 aromatic rings. The van der Waals surface area contributed by atoms with Gasteiger partial charge in [-0.05, 0) is 37.3 Å². The van der Waals surface area contributed by atoms with Crippen LogP contribution in [0.5, 0.6) is 5.75 Å². The maximum Gasteiger partial charge on any atom is 0.263 e. The van der Waals surface area contributed by atoms with Crippen molar-refractivity contribution < 1.29 is 9.53 Å². The van der Waals surface area contributed by atoms with Crippen LogP contribution in [-0.2, 0) is 4.79 Å². The third-order valence-corrected chi connectivity index (χ3v) is 4.80. The SMILES string of the molecule is C[C@H](Oc1ccccc1Cl)C(=O)N1CCN(c2cccc(Cl)c2)CC1. The molecule has 1 aliphatic heterocycles. The maximum atomic E-state index is 12.6. The summed E-state index contributed by atoms with van der Waals surface area (Å²) >= 11 is 12.1. The molecule has 6 heteroatoms. The van der Waals surface area contributed by atoms with E-state index in [4.69, 9.17) is 27.9 Å². The number of para-hydroxylation sites is 1. The topological polar surface area (TPSA) is 32.8 Å². The van der Waals surface area contributed by atoms with Gasteiger partial charge >= 0.3 is 0 Å².